The van der Waals surface area contributed by atoms with Gasteiger partial charge in [-0.25, -0.2) is 16.8 Å². The Morgan fingerprint density at radius 2 is 1.59 bits per heavy atom. The highest BCUT2D eigenvalue weighted by Gasteiger charge is 2.28. The summed E-state index contributed by atoms with van der Waals surface area (Å²) in [5, 5.41) is 0. The van der Waals surface area contributed by atoms with Gasteiger partial charge in [-0.05, 0) is 68.1 Å². The second-order valence-corrected chi connectivity index (χ2v) is 12.1. The summed E-state index contributed by atoms with van der Waals surface area (Å²) in [6.07, 6.45) is 3.85. The molecule has 2 aliphatic rings. The van der Waals surface area contributed by atoms with Gasteiger partial charge in [-0.3, -0.25) is 9.52 Å². The van der Waals surface area contributed by atoms with Gasteiger partial charge in [0.2, 0.25) is 15.9 Å². The van der Waals surface area contributed by atoms with Crippen molar-refractivity contribution in [2.24, 2.45) is 0 Å². The number of methoxy groups -OCH3 is 1. The summed E-state index contributed by atoms with van der Waals surface area (Å²) < 4.78 is 61.7. The van der Waals surface area contributed by atoms with Gasteiger partial charge in [-0.2, -0.15) is 4.31 Å². The maximum atomic E-state index is 13.2. The van der Waals surface area contributed by atoms with Crippen molar-refractivity contribution in [3.05, 3.63) is 42.0 Å². The standard InChI is InChI=1S/C23H29N3O6S2/c1-17-15-18(8-10-21(17)26-14-6-7-23(26)27)33(28,29)24-20-16-19(9-11-22(20)32-2)34(30,31)25-12-4-3-5-13-25/h8-11,15-16,24H,3-7,12-14H2,1-2H3. The van der Waals surface area contributed by atoms with Gasteiger partial charge in [0.15, 0.2) is 0 Å². The van der Waals surface area contributed by atoms with E-state index in [9.17, 15) is 21.6 Å². The van der Waals surface area contributed by atoms with E-state index in [1.165, 1.54) is 41.7 Å². The Balaban J connectivity index is 1.64. The van der Waals surface area contributed by atoms with Gasteiger partial charge in [0.25, 0.3) is 10.0 Å². The van der Waals surface area contributed by atoms with E-state index in [-0.39, 0.29) is 27.1 Å². The van der Waals surface area contributed by atoms with Gasteiger partial charge in [-0.15, -0.1) is 0 Å². The van der Waals surface area contributed by atoms with E-state index in [1.54, 1.807) is 17.9 Å². The Hall–Kier alpha value is -2.63. The molecule has 0 spiro atoms. The molecule has 0 radical (unpaired) electrons. The summed E-state index contributed by atoms with van der Waals surface area (Å²) in [6, 6.07) is 8.74. The number of hydrogen-bond donors (Lipinski definition) is 1. The highest BCUT2D eigenvalue weighted by atomic mass is 32.2. The fraction of sp³-hybridized carbons (Fsp3) is 0.435. The molecule has 0 unspecified atom stereocenters. The molecule has 4 rings (SSSR count). The highest BCUT2D eigenvalue weighted by Crippen LogP contribution is 2.33. The number of carbonyl (C=O) groups excluding carboxylic acids is 1. The number of hydrogen-bond acceptors (Lipinski definition) is 6. The van der Waals surface area contributed by atoms with Gasteiger partial charge in [0.05, 0.1) is 22.6 Å². The first-order valence-electron chi connectivity index (χ1n) is 11.3. The van der Waals surface area contributed by atoms with Crippen LogP contribution in [0.3, 0.4) is 0 Å². The van der Waals surface area contributed by atoms with Gasteiger partial charge < -0.3 is 9.64 Å². The largest absolute Gasteiger partial charge is 0.495 e. The first kappa shape index (κ1) is 24.5. The smallest absolute Gasteiger partial charge is 0.262 e. The molecule has 2 heterocycles. The number of benzene rings is 2. The van der Waals surface area contributed by atoms with Crippen molar-refractivity contribution < 1.29 is 26.4 Å². The number of ether oxygens (including phenoxy) is 1. The van der Waals surface area contributed by atoms with Crippen LogP contribution in [0.1, 0.15) is 37.7 Å². The van der Waals surface area contributed by atoms with E-state index in [1.807, 2.05) is 0 Å². The first-order chi connectivity index (χ1) is 16.1. The van der Waals surface area contributed by atoms with Crippen molar-refractivity contribution in [2.45, 2.75) is 48.8 Å². The van der Waals surface area contributed by atoms with Crippen LogP contribution in [0.25, 0.3) is 0 Å². The zero-order valence-electron chi connectivity index (χ0n) is 19.3. The summed E-state index contributed by atoms with van der Waals surface area (Å²) in [6.45, 7) is 3.26. The lowest BCUT2D eigenvalue weighted by Gasteiger charge is -2.26. The number of aryl methyl sites for hydroxylation is 1. The molecular weight excluding hydrogens is 478 g/mol. The Kier molecular flexibility index (Phi) is 6.88. The normalized spacial score (nSPS) is 17.7. The maximum Gasteiger partial charge on any atom is 0.262 e. The van der Waals surface area contributed by atoms with Crippen molar-refractivity contribution >= 4 is 37.3 Å². The predicted octanol–water partition coefficient (Wildman–Crippen LogP) is 3.11. The molecule has 2 aliphatic heterocycles. The molecule has 1 N–H and O–H groups in total. The van der Waals surface area contributed by atoms with Gasteiger partial charge in [0.1, 0.15) is 5.75 Å². The van der Waals surface area contributed by atoms with Crippen LogP contribution >= 0.6 is 0 Å². The van der Waals surface area contributed by atoms with Crippen molar-refractivity contribution in [2.75, 3.05) is 36.4 Å². The van der Waals surface area contributed by atoms with Crippen molar-refractivity contribution in [3.63, 3.8) is 0 Å². The molecule has 0 aliphatic carbocycles. The SMILES string of the molecule is COc1ccc(S(=O)(=O)N2CCCCC2)cc1NS(=O)(=O)c1ccc(N2CCCC2=O)c(C)c1. The lowest BCUT2D eigenvalue weighted by atomic mass is 10.2. The molecule has 1 amide bonds. The van der Waals surface area contributed by atoms with Gasteiger partial charge in [-0.1, -0.05) is 6.42 Å². The van der Waals surface area contributed by atoms with Crippen LogP contribution in [-0.2, 0) is 24.8 Å². The minimum absolute atomic E-state index is 0.00624. The Morgan fingerprint density at radius 3 is 2.21 bits per heavy atom. The molecule has 0 bridgehead atoms. The molecule has 2 aromatic carbocycles. The molecule has 9 nitrogen and oxygen atoms in total. The minimum Gasteiger partial charge on any atom is -0.495 e. The van der Waals surface area contributed by atoms with Gasteiger partial charge in [0, 0.05) is 31.7 Å². The summed E-state index contributed by atoms with van der Waals surface area (Å²) in [5.74, 6) is 0.227. The van der Waals surface area contributed by atoms with E-state index in [0.717, 1.165) is 25.7 Å². The number of nitrogens with zero attached hydrogens (tertiary/aromatic N) is 2. The summed E-state index contributed by atoms with van der Waals surface area (Å²) in [4.78, 5) is 13.8. The van der Waals surface area contributed by atoms with Crippen LogP contribution in [-0.4, -0.2) is 53.8 Å². The number of rotatable bonds is 7. The maximum absolute atomic E-state index is 13.2. The third-order valence-electron chi connectivity index (χ3n) is 6.21. The molecule has 11 heteroatoms. The summed E-state index contributed by atoms with van der Waals surface area (Å²) in [7, 11) is -6.42. The molecule has 0 saturated carbocycles. The van der Waals surface area contributed by atoms with Crippen LogP contribution in [0, 0.1) is 6.92 Å². The average molecular weight is 508 g/mol. The molecular formula is C23H29N3O6S2. The van der Waals surface area contributed by atoms with Gasteiger partial charge >= 0.3 is 0 Å². The number of carbonyl (C=O) groups is 1. The minimum atomic E-state index is -4.05. The lowest BCUT2D eigenvalue weighted by Crippen LogP contribution is -2.35. The molecule has 184 valence electrons. The van der Waals surface area contributed by atoms with Crippen LogP contribution in [0.5, 0.6) is 5.75 Å². The number of piperidine rings is 1. The Labute approximate surface area is 200 Å². The number of nitrogens with one attached hydrogen (secondary N) is 1. The number of sulfonamides is 2. The van der Waals surface area contributed by atoms with E-state index >= 15 is 0 Å². The molecule has 2 aromatic rings. The van der Waals surface area contributed by atoms with Crippen LogP contribution < -0.4 is 14.4 Å². The van der Waals surface area contributed by atoms with Crippen LogP contribution in [0.15, 0.2) is 46.2 Å². The molecule has 0 aromatic heterocycles. The number of anilines is 2. The molecule has 34 heavy (non-hydrogen) atoms. The zero-order valence-corrected chi connectivity index (χ0v) is 20.9. The number of amides is 1. The van der Waals surface area contributed by atoms with Crippen molar-refractivity contribution in [1.82, 2.24) is 4.31 Å². The Morgan fingerprint density at radius 1 is 0.882 bits per heavy atom. The highest BCUT2D eigenvalue weighted by molar-refractivity contribution is 7.92. The van der Waals surface area contributed by atoms with Crippen LogP contribution in [0.4, 0.5) is 11.4 Å². The zero-order chi connectivity index (χ0) is 24.5. The van der Waals surface area contributed by atoms with Crippen LogP contribution in [0.2, 0.25) is 0 Å². The van der Waals surface area contributed by atoms with E-state index in [2.05, 4.69) is 4.72 Å². The summed E-state index contributed by atoms with van der Waals surface area (Å²) >= 11 is 0. The monoisotopic (exact) mass is 507 g/mol. The fourth-order valence-electron chi connectivity index (χ4n) is 4.39. The molecule has 2 saturated heterocycles. The second kappa shape index (κ2) is 9.55. The molecule has 2 fully saturated rings. The van der Waals surface area contributed by atoms with E-state index < -0.39 is 20.0 Å². The first-order valence-corrected chi connectivity index (χ1v) is 14.2. The second-order valence-electron chi connectivity index (χ2n) is 8.53. The molecule has 0 atom stereocenters. The van der Waals surface area contributed by atoms with Crippen molar-refractivity contribution in [3.8, 4) is 5.75 Å². The average Bonchev–Trinajstić information content (AvgIpc) is 3.24. The predicted molar refractivity (Wildman–Crippen MR) is 129 cm³/mol. The Bertz CT molecular complexity index is 1300. The third kappa shape index (κ3) is 4.77. The van der Waals surface area contributed by atoms with E-state index in [4.69, 9.17) is 4.74 Å². The topological polar surface area (TPSA) is 113 Å². The summed E-state index contributed by atoms with van der Waals surface area (Å²) in [5.41, 5.74) is 1.39. The van der Waals surface area contributed by atoms with Crippen molar-refractivity contribution in [1.29, 1.82) is 0 Å². The lowest BCUT2D eigenvalue weighted by molar-refractivity contribution is -0.117. The quantitative estimate of drug-likeness (QED) is 0.616. The fourth-order valence-corrected chi connectivity index (χ4v) is 7.08. The third-order valence-corrected chi connectivity index (χ3v) is 9.47. The van der Waals surface area contributed by atoms with E-state index in [0.29, 0.717) is 37.3 Å².